The number of amides is 1. The van der Waals surface area contributed by atoms with Crippen molar-refractivity contribution in [3.63, 3.8) is 0 Å². The third-order valence-corrected chi connectivity index (χ3v) is 6.85. The van der Waals surface area contributed by atoms with Crippen LogP contribution in [0, 0.1) is 5.41 Å². The monoisotopic (exact) mass is 403 g/mol. The quantitative estimate of drug-likeness (QED) is 0.686. The molecule has 1 saturated carbocycles. The molecule has 1 unspecified atom stereocenters. The van der Waals surface area contributed by atoms with Gasteiger partial charge in [0.2, 0.25) is 5.91 Å². The molecule has 1 aromatic heterocycles. The highest BCUT2D eigenvalue weighted by atomic mass is 16.2. The lowest BCUT2D eigenvalue weighted by Gasteiger charge is -2.44. The van der Waals surface area contributed by atoms with Gasteiger partial charge in [-0.1, -0.05) is 49.2 Å². The number of hydrogen-bond acceptors (Lipinski definition) is 3. The number of hydrogen-bond donors (Lipinski definition) is 1. The summed E-state index contributed by atoms with van der Waals surface area (Å²) in [5.41, 5.74) is 3.12. The average molecular weight is 404 g/mol. The third kappa shape index (κ3) is 4.49. The van der Waals surface area contributed by atoms with Crippen molar-refractivity contribution < 1.29 is 4.79 Å². The molecule has 4 rings (SSSR count). The molecule has 158 valence electrons. The van der Waals surface area contributed by atoms with Crippen LogP contribution >= 0.6 is 0 Å². The number of carbonyl (C=O) groups is 1. The van der Waals surface area contributed by atoms with Crippen LogP contribution in [0.3, 0.4) is 0 Å². The molecule has 0 radical (unpaired) electrons. The number of benzene rings is 1. The maximum Gasteiger partial charge on any atom is 0.228 e. The summed E-state index contributed by atoms with van der Waals surface area (Å²) in [6.07, 6.45) is 13.4. The SMILES string of the molecule is C=CCNC(=O)C1(Cc2ccccc2-c2cccnc2)CCCN(C2CCCC2)C1. The Morgan fingerprint density at radius 1 is 1.20 bits per heavy atom. The van der Waals surface area contributed by atoms with E-state index in [1.165, 1.54) is 36.8 Å². The predicted octanol–water partition coefficient (Wildman–Crippen LogP) is 4.62. The number of aromatic nitrogens is 1. The zero-order chi connectivity index (χ0) is 20.8. The number of rotatable bonds is 7. The van der Waals surface area contributed by atoms with Crippen LogP contribution < -0.4 is 5.32 Å². The molecule has 4 nitrogen and oxygen atoms in total. The lowest BCUT2D eigenvalue weighted by Crippen LogP contribution is -2.55. The Kier molecular flexibility index (Phi) is 6.63. The minimum Gasteiger partial charge on any atom is -0.352 e. The molecule has 2 fully saturated rings. The highest BCUT2D eigenvalue weighted by Gasteiger charge is 2.44. The molecule has 4 heteroatoms. The lowest BCUT2D eigenvalue weighted by molar-refractivity contribution is -0.134. The van der Waals surface area contributed by atoms with Gasteiger partial charge in [0.25, 0.3) is 0 Å². The lowest BCUT2D eigenvalue weighted by atomic mass is 9.72. The van der Waals surface area contributed by atoms with E-state index in [1.54, 1.807) is 12.3 Å². The normalized spacial score (nSPS) is 22.7. The van der Waals surface area contributed by atoms with Gasteiger partial charge in [0.1, 0.15) is 0 Å². The van der Waals surface area contributed by atoms with Crippen molar-refractivity contribution in [1.29, 1.82) is 0 Å². The summed E-state index contributed by atoms with van der Waals surface area (Å²) in [6, 6.07) is 13.2. The minimum atomic E-state index is -0.401. The van der Waals surface area contributed by atoms with Crippen LogP contribution in [-0.4, -0.2) is 41.5 Å². The van der Waals surface area contributed by atoms with Crippen LogP contribution in [-0.2, 0) is 11.2 Å². The predicted molar refractivity (Wildman–Crippen MR) is 122 cm³/mol. The van der Waals surface area contributed by atoms with Gasteiger partial charge in [-0.05, 0) is 55.8 Å². The summed E-state index contributed by atoms with van der Waals surface area (Å²) in [5, 5.41) is 3.14. The summed E-state index contributed by atoms with van der Waals surface area (Å²) in [4.78, 5) is 20.4. The zero-order valence-corrected chi connectivity index (χ0v) is 17.9. The molecule has 1 aromatic carbocycles. The Bertz CT molecular complexity index is 860. The van der Waals surface area contributed by atoms with Crippen molar-refractivity contribution in [1.82, 2.24) is 15.2 Å². The van der Waals surface area contributed by atoms with E-state index in [1.807, 2.05) is 12.3 Å². The van der Waals surface area contributed by atoms with E-state index in [2.05, 4.69) is 52.1 Å². The van der Waals surface area contributed by atoms with Gasteiger partial charge in [0.05, 0.1) is 5.41 Å². The minimum absolute atomic E-state index is 0.172. The second-order valence-corrected chi connectivity index (χ2v) is 8.87. The Morgan fingerprint density at radius 2 is 2.03 bits per heavy atom. The fourth-order valence-electron chi connectivity index (χ4n) is 5.35. The largest absolute Gasteiger partial charge is 0.352 e. The number of nitrogens with one attached hydrogen (secondary N) is 1. The molecule has 1 N–H and O–H groups in total. The summed E-state index contributed by atoms with van der Waals surface area (Å²) in [7, 11) is 0. The Balaban J connectivity index is 1.66. The second-order valence-electron chi connectivity index (χ2n) is 8.87. The Morgan fingerprint density at radius 3 is 2.80 bits per heavy atom. The van der Waals surface area contributed by atoms with Gasteiger partial charge >= 0.3 is 0 Å². The Labute approximate surface area is 180 Å². The van der Waals surface area contributed by atoms with Crippen molar-refractivity contribution >= 4 is 5.91 Å². The molecule has 0 bridgehead atoms. The number of likely N-dealkylation sites (tertiary alicyclic amines) is 1. The first-order valence-corrected chi connectivity index (χ1v) is 11.3. The Hall–Kier alpha value is -2.46. The van der Waals surface area contributed by atoms with E-state index < -0.39 is 5.41 Å². The maximum absolute atomic E-state index is 13.5. The van der Waals surface area contributed by atoms with E-state index in [0.29, 0.717) is 12.6 Å². The highest BCUT2D eigenvalue weighted by Crippen LogP contribution is 2.39. The molecule has 0 spiro atoms. The fourth-order valence-corrected chi connectivity index (χ4v) is 5.35. The van der Waals surface area contributed by atoms with Crippen LogP contribution in [0.15, 0.2) is 61.4 Å². The summed E-state index contributed by atoms with van der Waals surface area (Å²) < 4.78 is 0. The molecular weight excluding hydrogens is 370 g/mol. The summed E-state index contributed by atoms with van der Waals surface area (Å²) in [5.74, 6) is 0.172. The van der Waals surface area contributed by atoms with E-state index >= 15 is 0 Å². The molecule has 2 aliphatic rings. The molecule has 1 amide bonds. The zero-order valence-electron chi connectivity index (χ0n) is 17.9. The van der Waals surface area contributed by atoms with Gasteiger partial charge in [-0.25, -0.2) is 0 Å². The standard InChI is InChI=1S/C26H33N3O/c1-2-15-28-25(30)26(14-8-17-29(20-26)23-11-4-5-12-23)18-21-9-3-6-13-24(21)22-10-7-16-27-19-22/h2-3,6-7,9-10,13,16,19,23H,1,4-5,8,11-12,14-15,17-18,20H2,(H,28,30). The van der Waals surface area contributed by atoms with Gasteiger partial charge in [0.15, 0.2) is 0 Å². The molecule has 2 aromatic rings. The first-order chi connectivity index (χ1) is 14.7. The molecular formula is C26H33N3O. The summed E-state index contributed by atoms with van der Waals surface area (Å²) in [6.45, 7) is 6.27. The molecule has 1 atom stereocenters. The molecule has 1 saturated heterocycles. The topological polar surface area (TPSA) is 45.2 Å². The fraction of sp³-hybridized carbons (Fsp3) is 0.462. The van der Waals surface area contributed by atoms with Crippen LogP contribution in [0.4, 0.5) is 0 Å². The van der Waals surface area contributed by atoms with E-state index in [4.69, 9.17) is 0 Å². The van der Waals surface area contributed by atoms with Gasteiger partial charge in [0, 0.05) is 37.1 Å². The summed E-state index contributed by atoms with van der Waals surface area (Å²) >= 11 is 0. The number of piperidine rings is 1. The van der Waals surface area contributed by atoms with Gasteiger partial charge < -0.3 is 5.32 Å². The highest BCUT2D eigenvalue weighted by molar-refractivity contribution is 5.84. The second kappa shape index (κ2) is 9.57. The van der Waals surface area contributed by atoms with Crippen LogP contribution in [0.25, 0.3) is 11.1 Å². The van der Waals surface area contributed by atoms with Crippen molar-refractivity contribution in [2.45, 2.75) is 51.0 Å². The van der Waals surface area contributed by atoms with Gasteiger partial charge in [-0.15, -0.1) is 6.58 Å². The van der Waals surface area contributed by atoms with Gasteiger partial charge in [-0.3, -0.25) is 14.7 Å². The van der Waals surface area contributed by atoms with Crippen molar-refractivity contribution in [2.24, 2.45) is 5.41 Å². The first-order valence-electron chi connectivity index (χ1n) is 11.3. The molecule has 1 aliphatic carbocycles. The van der Waals surface area contributed by atoms with Crippen molar-refractivity contribution in [3.05, 3.63) is 67.0 Å². The third-order valence-electron chi connectivity index (χ3n) is 6.85. The number of nitrogens with zero attached hydrogens (tertiary/aromatic N) is 2. The van der Waals surface area contributed by atoms with Crippen molar-refractivity contribution in [3.8, 4) is 11.1 Å². The van der Waals surface area contributed by atoms with Gasteiger partial charge in [-0.2, -0.15) is 0 Å². The molecule has 2 heterocycles. The number of carbonyl (C=O) groups excluding carboxylic acids is 1. The van der Waals surface area contributed by atoms with E-state index in [-0.39, 0.29) is 5.91 Å². The van der Waals surface area contributed by atoms with Crippen LogP contribution in [0.2, 0.25) is 0 Å². The molecule has 1 aliphatic heterocycles. The van der Waals surface area contributed by atoms with E-state index in [0.717, 1.165) is 37.9 Å². The van der Waals surface area contributed by atoms with Crippen molar-refractivity contribution in [2.75, 3.05) is 19.6 Å². The van der Waals surface area contributed by atoms with E-state index in [9.17, 15) is 4.79 Å². The smallest absolute Gasteiger partial charge is 0.228 e. The molecule has 30 heavy (non-hydrogen) atoms. The van der Waals surface area contributed by atoms with Crippen LogP contribution in [0.1, 0.15) is 44.1 Å². The first kappa shape index (κ1) is 20.8. The maximum atomic E-state index is 13.5. The average Bonchev–Trinajstić information content (AvgIpc) is 3.34. The number of pyridine rings is 1. The van der Waals surface area contributed by atoms with Crippen LogP contribution in [0.5, 0.6) is 0 Å².